The maximum absolute atomic E-state index is 12.5. The summed E-state index contributed by atoms with van der Waals surface area (Å²) in [6.07, 6.45) is 5.06. The molecule has 3 heterocycles. The number of likely N-dealkylation sites (tertiary alicyclic amines) is 1. The van der Waals surface area contributed by atoms with Crippen molar-refractivity contribution >= 4 is 11.6 Å². The number of hydrogen-bond acceptors (Lipinski definition) is 7. The number of piperidine rings is 1. The monoisotopic (exact) mass is 408 g/mol. The quantitative estimate of drug-likeness (QED) is 0.453. The van der Waals surface area contributed by atoms with Crippen LogP contribution in [-0.2, 0) is 11.2 Å². The number of nitro groups is 1. The number of amides is 1. The van der Waals surface area contributed by atoms with E-state index in [1.807, 2.05) is 6.07 Å². The lowest BCUT2D eigenvalue weighted by Crippen LogP contribution is -2.42. The number of carbonyl (C=O) groups excluding carboxylic acids is 1. The average molecular weight is 408 g/mol. The van der Waals surface area contributed by atoms with E-state index in [0.717, 1.165) is 5.56 Å². The Hall–Kier alpha value is -3.82. The van der Waals surface area contributed by atoms with Gasteiger partial charge in [-0.3, -0.25) is 14.9 Å². The molecule has 10 nitrogen and oxygen atoms in total. The minimum atomic E-state index is -0.453. The van der Waals surface area contributed by atoms with Gasteiger partial charge in [-0.25, -0.2) is 4.68 Å². The summed E-state index contributed by atoms with van der Waals surface area (Å²) < 4.78 is 7.52. The Bertz CT molecular complexity index is 997. The summed E-state index contributed by atoms with van der Waals surface area (Å²) in [6.45, 7) is 1.19. The SMILES string of the molecule is O=C(Cc1ccc([N+](=O)[O-])cc1)N1CCC(Oc2ccc(-n3cccn3)nn2)CC1. The van der Waals surface area contributed by atoms with Gasteiger partial charge in [-0.05, 0) is 17.7 Å². The lowest BCUT2D eigenvalue weighted by Gasteiger charge is -2.32. The average Bonchev–Trinajstić information content (AvgIpc) is 3.30. The van der Waals surface area contributed by atoms with Crippen molar-refractivity contribution in [2.24, 2.45) is 0 Å². The van der Waals surface area contributed by atoms with Crippen LogP contribution in [0.2, 0.25) is 0 Å². The molecule has 0 radical (unpaired) electrons. The molecule has 1 aliphatic heterocycles. The Morgan fingerprint density at radius 1 is 1.13 bits per heavy atom. The van der Waals surface area contributed by atoms with Crippen molar-refractivity contribution < 1.29 is 14.5 Å². The van der Waals surface area contributed by atoms with Crippen LogP contribution in [0.25, 0.3) is 5.82 Å². The third kappa shape index (κ3) is 4.59. The van der Waals surface area contributed by atoms with Gasteiger partial charge in [-0.2, -0.15) is 5.10 Å². The normalized spacial score (nSPS) is 14.5. The van der Waals surface area contributed by atoms with Gasteiger partial charge in [-0.1, -0.05) is 12.1 Å². The highest BCUT2D eigenvalue weighted by Gasteiger charge is 2.24. The van der Waals surface area contributed by atoms with E-state index in [9.17, 15) is 14.9 Å². The number of non-ortho nitro benzene ring substituents is 1. The fraction of sp³-hybridized carbons (Fsp3) is 0.300. The Morgan fingerprint density at radius 3 is 2.50 bits per heavy atom. The topological polar surface area (TPSA) is 116 Å². The second-order valence-corrected chi connectivity index (χ2v) is 6.98. The molecule has 1 amide bonds. The van der Waals surface area contributed by atoms with Crippen molar-refractivity contribution in [1.82, 2.24) is 24.9 Å². The van der Waals surface area contributed by atoms with Crippen LogP contribution in [0.3, 0.4) is 0 Å². The van der Waals surface area contributed by atoms with Crippen LogP contribution < -0.4 is 4.74 Å². The van der Waals surface area contributed by atoms with Crippen molar-refractivity contribution in [1.29, 1.82) is 0 Å². The summed E-state index contributed by atoms with van der Waals surface area (Å²) in [6, 6.07) is 11.4. The summed E-state index contributed by atoms with van der Waals surface area (Å²) in [4.78, 5) is 24.6. The maximum atomic E-state index is 12.5. The molecular formula is C20H20N6O4. The molecule has 0 spiro atoms. The van der Waals surface area contributed by atoms with Crippen LogP contribution in [-0.4, -0.2) is 54.9 Å². The van der Waals surface area contributed by atoms with Gasteiger partial charge >= 0.3 is 0 Å². The summed E-state index contributed by atoms with van der Waals surface area (Å²) in [5, 5.41) is 23.0. The van der Waals surface area contributed by atoms with E-state index >= 15 is 0 Å². The van der Waals surface area contributed by atoms with Crippen LogP contribution >= 0.6 is 0 Å². The third-order valence-corrected chi connectivity index (χ3v) is 4.95. The summed E-state index contributed by atoms with van der Waals surface area (Å²) >= 11 is 0. The highest BCUT2D eigenvalue weighted by atomic mass is 16.6. The summed E-state index contributed by atoms with van der Waals surface area (Å²) in [5.41, 5.74) is 0.779. The number of aromatic nitrogens is 4. The zero-order valence-electron chi connectivity index (χ0n) is 16.1. The van der Waals surface area contributed by atoms with E-state index in [1.54, 1.807) is 46.2 Å². The molecule has 1 aromatic carbocycles. The van der Waals surface area contributed by atoms with E-state index in [0.29, 0.717) is 37.6 Å². The van der Waals surface area contributed by atoms with E-state index in [1.165, 1.54) is 12.1 Å². The zero-order chi connectivity index (χ0) is 20.9. The van der Waals surface area contributed by atoms with E-state index in [4.69, 9.17) is 4.74 Å². The molecule has 1 aliphatic rings. The lowest BCUT2D eigenvalue weighted by atomic mass is 10.1. The smallest absolute Gasteiger partial charge is 0.269 e. The molecule has 154 valence electrons. The van der Waals surface area contributed by atoms with Crippen molar-refractivity contribution in [2.75, 3.05) is 13.1 Å². The number of rotatable bonds is 6. The highest BCUT2D eigenvalue weighted by Crippen LogP contribution is 2.19. The molecule has 0 atom stereocenters. The number of nitro benzene ring substituents is 1. The van der Waals surface area contributed by atoms with Gasteiger partial charge in [0.1, 0.15) is 6.10 Å². The van der Waals surface area contributed by atoms with Gasteiger partial charge in [-0.15, -0.1) is 10.2 Å². The molecule has 30 heavy (non-hydrogen) atoms. The predicted octanol–water partition coefficient (Wildman–Crippen LogP) is 2.18. The first-order chi connectivity index (χ1) is 14.6. The number of ether oxygens (including phenoxy) is 1. The Morgan fingerprint density at radius 2 is 1.90 bits per heavy atom. The maximum Gasteiger partial charge on any atom is 0.269 e. The molecule has 0 saturated carbocycles. The first kappa shape index (κ1) is 19.5. The molecule has 3 aromatic rings. The van der Waals surface area contributed by atoms with Crippen LogP contribution in [0.4, 0.5) is 5.69 Å². The Labute approximate surface area is 172 Å². The minimum Gasteiger partial charge on any atom is -0.473 e. The van der Waals surface area contributed by atoms with Gasteiger partial charge in [0.25, 0.3) is 5.69 Å². The van der Waals surface area contributed by atoms with Crippen LogP contribution in [0.15, 0.2) is 54.9 Å². The molecule has 1 saturated heterocycles. The first-order valence-corrected chi connectivity index (χ1v) is 9.60. The molecule has 2 aromatic heterocycles. The van der Waals surface area contributed by atoms with Crippen molar-refractivity contribution in [3.05, 3.63) is 70.5 Å². The zero-order valence-corrected chi connectivity index (χ0v) is 16.1. The first-order valence-electron chi connectivity index (χ1n) is 9.60. The van der Waals surface area contributed by atoms with E-state index in [-0.39, 0.29) is 24.1 Å². The van der Waals surface area contributed by atoms with Crippen LogP contribution in [0, 0.1) is 10.1 Å². The number of nitrogens with zero attached hydrogens (tertiary/aromatic N) is 6. The standard InChI is InChI=1S/C20H20N6O4/c27-20(14-15-2-4-16(5-3-15)26(28)29)24-12-8-17(9-13-24)30-19-7-6-18(22-23-19)25-11-1-10-21-25/h1-7,10-11,17H,8-9,12-14H2. The minimum absolute atomic E-state index is 0.00525. The summed E-state index contributed by atoms with van der Waals surface area (Å²) in [5.74, 6) is 1.06. The number of carbonyl (C=O) groups is 1. The third-order valence-electron chi connectivity index (χ3n) is 4.95. The predicted molar refractivity (Wildman–Crippen MR) is 106 cm³/mol. The molecule has 0 aliphatic carbocycles. The molecule has 1 fully saturated rings. The van der Waals surface area contributed by atoms with E-state index in [2.05, 4.69) is 15.3 Å². The number of benzene rings is 1. The highest BCUT2D eigenvalue weighted by molar-refractivity contribution is 5.79. The van der Waals surface area contributed by atoms with Gasteiger partial charge in [0.05, 0.1) is 11.3 Å². The fourth-order valence-corrected chi connectivity index (χ4v) is 3.32. The molecule has 0 N–H and O–H groups in total. The van der Waals surface area contributed by atoms with Gasteiger partial charge in [0.2, 0.25) is 11.8 Å². The van der Waals surface area contributed by atoms with Crippen molar-refractivity contribution in [3.63, 3.8) is 0 Å². The summed E-state index contributed by atoms with van der Waals surface area (Å²) in [7, 11) is 0. The second kappa shape index (κ2) is 8.68. The van der Waals surface area contributed by atoms with E-state index < -0.39 is 4.92 Å². The molecule has 10 heteroatoms. The van der Waals surface area contributed by atoms with Crippen molar-refractivity contribution in [2.45, 2.75) is 25.4 Å². The molecule has 0 bridgehead atoms. The molecular weight excluding hydrogens is 388 g/mol. The fourth-order valence-electron chi connectivity index (χ4n) is 3.32. The Balaban J connectivity index is 1.26. The van der Waals surface area contributed by atoms with Gasteiger partial charge < -0.3 is 9.64 Å². The second-order valence-electron chi connectivity index (χ2n) is 6.98. The number of hydrogen-bond donors (Lipinski definition) is 0. The molecule has 0 unspecified atom stereocenters. The van der Waals surface area contributed by atoms with Crippen LogP contribution in [0.1, 0.15) is 18.4 Å². The Kier molecular flexibility index (Phi) is 5.64. The molecule has 4 rings (SSSR count). The van der Waals surface area contributed by atoms with Crippen molar-refractivity contribution in [3.8, 4) is 11.7 Å². The lowest BCUT2D eigenvalue weighted by molar-refractivity contribution is -0.384. The van der Waals surface area contributed by atoms with Gasteiger partial charge in [0.15, 0.2) is 5.82 Å². The van der Waals surface area contributed by atoms with Crippen LogP contribution in [0.5, 0.6) is 5.88 Å². The largest absolute Gasteiger partial charge is 0.473 e. The van der Waals surface area contributed by atoms with Gasteiger partial charge in [0, 0.05) is 56.5 Å².